The molecule has 1 aliphatic rings. The van der Waals surface area contributed by atoms with Crippen LogP contribution in [-0.4, -0.2) is 240 Å². The monoisotopic (exact) mass is 1520 g/mol. The van der Waals surface area contributed by atoms with Crippen molar-refractivity contribution in [3.8, 4) is 0 Å². The number of likely N-dealkylation sites (tertiary alicyclic amines) is 1. The molecule has 2 aromatic carbocycles. The minimum atomic E-state index is -0.703. The summed E-state index contributed by atoms with van der Waals surface area (Å²) in [6.45, 7) is 17.2. The number of fused-ring (bicyclic) bond motifs is 1. The van der Waals surface area contributed by atoms with Gasteiger partial charge in [-0.15, -0.1) is 0 Å². The molecular weight excluding hydrogens is 1400 g/mol. The fourth-order valence-electron chi connectivity index (χ4n) is 12.8. The number of Topliss-reactive ketones (excluding diaryl/α,β-unsaturated/α-hetero) is 4. The Labute approximate surface area is 635 Å². The number of nitrogens with zero attached hydrogens (tertiary/aromatic N) is 8. The van der Waals surface area contributed by atoms with Gasteiger partial charge in [0.25, 0.3) is 5.91 Å². The zero-order chi connectivity index (χ0) is 79.0. The number of methoxy groups -OCH3 is 2. The summed E-state index contributed by atoms with van der Waals surface area (Å²) in [5.41, 5.74) is 14.6. The first-order valence-electron chi connectivity index (χ1n) is 36.7. The van der Waals surface area contributed by atoms with Gasteiger partial charge in [0.1, 0.15) is 5.78 Å². The SMILES string of the molecule is CCC(=O)CCC(=O)NCC(=O)Cc1ccc(C[C@@H](CN=[N+]=[N-])NC(=O)[C@H](C)[C@@H](OC)[C@@H]2CCCN2C(=O)C[C@@H](OC)[C@H]([C@@H](C)CC)N(C)C(=O)[C@@H](CC(=O)[C@H](C(C)C)N(C)C)C(C)C)cc1.CNC(=O)CCC(=O)CNC(=O)CCOCCOCCNC(=O)c1ccc2nc(CSC)c(CSC)nc2c1. The average Bonchev–Trinajstić information content (AvgIpc) is 1.08. The molecule has 1 fully saturated rings. The third-order valence-corrected chi connectivity index (χ3v) is 20.0. The molecule has 1 saturated heterocycles. The van der Waals surface area contributed by atoms with E-state index >= 15 is 0 Å². The number of benzene rings is 2. The van der Waals surface area contributed by atoms with Crippen LogP contribution in [0.5, 0.6) is 0 Å². The van der Waals surface area contributed by atoms with Crippen LogP contribution in [0.1, 0.15) is 159 Å². The summed E-state index contributed by atoms with van der Waals surface area (Å²) in [5, 5.41) is 17.1. The molecule has 28 nitrogen and oxygen atoms in total. The number of rotatable bonds is 50. The number of ketones is 4. The summed E-state index contributed by atoms with van der Waals surface area (Å²) in [6, 6.07) is 10.8. The van der Waals surface area contributed by atoms with E-state index in [9.17, 15) is 52.7 Å². The number of thioether (sulfide) groups is 2. The van der Waals surface area contributed by atoms with Crippen molar-refractivity contribution in [2.75, 3.05) is 114 Å². The molecule has 0 bridgehead atoms. The van der Waals surface area contributed by atoms with E-state index in [1.165, 1.54) is 14.2 Å². The van der Waals surface area contributed by atoms with Crippen molar-refractivity contribution in [2.24, 2.45) is 34.7 Å². The Morgan fingerprint density at radius 3 is 1.89 bits per heavy atom. The Bertz CT molecular complexity index is 3370. The standard InChI is InChI=1S/C50H82N8O9.C26H37N5O6S2/c1-14-33(7)47(57(11)50(65)40(31(3)4)27-42(61)46(32(5)6)56(9)10)43(66-12)28-45(63)58-24-16-17-41(58)48(67-13)34(8)49(64)54-37(29-53-55-51)25-35-18-20-36(21-19-35)26-39(60)30-52-44(62)23-22-38(59)15-2;1-27-24(33)7-5-19(32)15-29-25(34)8-10-36-12-13-37-11-9-28-26(35)18-4-6-20-21(14-18)31-23(17-39-3)22(30-20)16-38-2/h18-21,31-34,37,40-41,43,46-48H,14-17,22-30H2,1-13H3,(H,52,62)(H,54,64);4,6,14H,5,7-13,15-17H2,1-3H3,(H,27,33)(H,28,35)(H,29,34)/t33-,34+,37-,40-,41-,43+,46-,47-,48+;/m0./s1. The van der Waals surface area contributed by atoms with Crippen molar-refractivity contribution >= 4 is 99.0 Å². The molecule has 0 radical (unpaired) electrons. The summed E-state index contributed by atoms with van der Waals surface area (Å²) >= 11 is 3.39. The Balaban J connectivity index is 0.000000632. The summed E-state index contributed by atoms with van der Waals surface area (Å²) < 4.78 is 22.9. The number of aromatic nitrogens is 2. The van der Waals surface area contributed by atoms with Crippen LogP contribution in [0.4, 0.5) is 0 Å². The second-order valence-electron chi connectivity index (χ2n) is 27.7. The predicted octanol–water partition coefficient (Wildman–Crippen LogP) is 7.47. The Kier molecular flexibility index (Phi) is 44.0. The molecule has 590 valence electrons. The van der Waals surface area contributed by atoms with Crippen molar-refractivity contribution in [1.82, 2.24) is 51.3 Å². The smallest absolute Gasteiger partial charge is 0.251 e. The summed E-state index contributed by atoms with van der Waals surface area (Å²) in [7, 11) is 10.1. The molecule has 0 saturated carbocycles. The molecule has 30 heteroatoms. The van der Waals surface area contributed by atoms with Crippen molar-refractivity contribution in [2.45, 2.75) is 187 Å². The minimum Gasteiger partial charge on any atom is -0.379 e. The van der Waals surface area contributed by atoms with E-state index in [2.05, 4.69) is 36.6 Å². The van der Waals surface area contributed by atoms with Crippen LogP contribution in [0, 0.1) is 29.6 Å². The van der Waals surface area contributed by atoms with Crippen LogP contribution in [0.2, 0.25) is 0 Å². The number of likely N-dealkylation sites (N-methyl/N-ethyl adjacent to an activating group) is 2. The zero-order valence-corrected chi connectivity index (χ0v) is 67.0. The van der Waals surface area contributed by atoms with Crippen LogP contribution in [0.3, 0.4) is 0 Å². The van der Waals surface area contributed by atoms with Crippen molar-refractivity contribution < 1.29 is 71.7 Å². The first kappa shape index (κ1) is 92.8. The van der Waals surface area contributed by atoms with Crippen molar-refractivity contribution in [3.63, 3.8) is 0 Å². The highest BCUT2D eigenvalue weighted by Crippen LogP contribution is 2.32. The van der Waals surface area contributed by atoms with Crippen molar-refractivity contribution in [1.29, 1.82) is 0 Å². The average molecular weight is 1520 g/mol. The van der Waals surface area contributed by atoms with Gasteiger partial charge in [0.15, 0.2) is 17.3 Å². The van der Waals surface area contributed by atoms with E-state index in [0.29, 0.717) is 69.7 Å². The first-order chi connectivity index (χ1) is 50.5. The topological polar surface area (TPSA) is 369 Å². The molecule has 2 heterocycles. The van der Waals surface area contributed by atoms with Gasteiger partial charge in [-0.05, 0) is 98.5 Å². The Hall–Kier alpha value is -7.44. The molecule has 4 rings (SSSR count). The van der Waals surface area contributed by atoms with E-state index in [1.807, 2.05) is 91.2 Å². The number of nitrogens with one attached hydrogen (secondary N) is 5. The van der Waals surface area contributed by atoms with E-state index in [4.69, 9.17) is 34.4 Å². The lowest BCUT2D eigenvalue weighted by Crippen LogP contribution is -2.54. The molecule has 1 aliphatic heterocycles. The largest absolute Gasteiger partial charge is 0.379 e. The van der Waals surface area contributed by atoms with Gasteiger partial charge >= 0.3 is 0 Å². The van der Waals surface area contributed by atoms with Gasteiger partial charge in [-0.2, -0.15) is 23.5 Å². The maximum Gasteiger partial charge on any atom is 0.251 e. The highest BCUT2D eigenvalue weighted by molar-refractivity contribution is 7.98. The molecule has 3 aromatic rings. The minimum absolute atomic E-state index is 0.00197. The normalized spacial score (nSPS) is 15.0. The highest BCUT2D eigenvalue weighted by Gasteiger charge is 2.43. The Morgan fingerprint density at radius 2 is 1.31 bits per heavy atom. The summed E-state index contributed by atoms with van der Waals surface area (Å²) in [5.74, 6) is -1.83. The molecule has 1 aromatic heterocycles. The molecule has 7 amide bonds. The lowest BCUT2D eigenvalue weighted by Gasteiger charge is -2.41. The number of amides is 7. The number of carbonyl (C=O) groups is 11. The number of carbonyl (C=O) groups excluding carboxylic acids is 11. The van der Waals surface area contributed by atoms with E-state index in [0.717, 1.165) is 46.0 Å². The fraction of sp³-hybridized carbons (Fsp3) is 0.671. The Morgan fingerprint density at radius 1 is 0.708 bits per heavy atom. The predicted molar refractivity (Wildman–Crippen MR) is 413 cm³/mol. The van der Waals surface area contributed by atoms with E-state index < -0.39 is 42.2 Å². The maximum atomic E-state index is 14.4. The number of hydrogen-bond donors (Lipinski definition) is 5. The molecule has 0 unspecified atom stereocenters. The van der Waals surface area contributed by atoms with Gasteiger partial charge in [0, 0.05) is 133 Å². The highest BCUT2D eigenvalue weighted by atomic mass is 32.2. The zero-order valence-electron chi connectivity index (χ0n) is 65.4. The molecule has 106 heavy (non-hydrogen) atoms. The summed E-state index contributed by atoms with van der Waals surface area (Å²) in [6.07, 6.45) is 6.22. The van der Waals surface area contributed by atoms with Crippen LogP contribution >= 0.6 is 23.5 Å². The first-order valence-corrected chi connectivity index (χ1v) is 39.5. The molecular formula is C76H119N13O15S2. The van der Waals surface area contributed by atoms with Gasteiger partial charge in [-0.1, -0.05) is 91.2 Å². The van der Waals surface area contributed by atoms with Gasteiger partial charge < -0.3 is 55.3 Å². The second-order valence-corrected chi connectivity index (χ2v) is 29.4. The summed E-state index contributed by atoms with van der Waals surface area (Å²) in [4.78, 5) is 157. The van der Waals surface area contributed by atoms with Gasteiger partial charge in [0.05, 0.1) is 105 Å². The third-order valence-electron chi connectivity index (χ3n) is 18.9. The van der Waals surface area contributed by atoms with Gasteiger partial charge in [-0.3, -0.25) is 57.6 Å². The van der Waals surface area contributed by atoms with E-state index in [-0.39, 0.29) is 166 Å². The van der Waals surface area contributed by atoms with Crippen LogP contribution in [-0.2, 0) is 91.2 Å². The van der Waals surface area contributed by atoms with Gasteiger partial charge in [0.2, 0.25) is 35.4 Å². The molecule has 0 aliphatic carbocycles. The lowest BCUT2D eigenvalue weighted by molar-refractivity contribution is -0.149. The number of hydrogen-bond acceptors (Lipinski definition) is 21. The fourth-order valence-corrected chi connectivity index (χ4v) is 13.8. The van der Waals surface area contributed by atoms with Crippen LogP contribution < -0.4 is 26.6 Å². The molecule has 5 N–H and O–H groups in total. The molecule has 0 spiro atoms. The quantitative estimate of drug-likeness (QED) is 0.0158. The molecule has 9 atom stereocenters. The van der Waals surface area contributed by atoms with Crippen LogP contribution in [0.15, 0.2) is 47.6 Å². The number of azide groups is 1. The van der Waals surface area contributed by atoms with Crippen molar-refractivity contribution in [3.05, 3.63) is 81.0 Å². The van der Waals surface area contributed by atoms with E-state index in [1.54, 1.807) is 85.6 Å². The maximum absolute atomic E-state index is 14.4. The second kappa shape index (κ2) is 50.2. The lowest BCUT2D eigenvalue weighted by atomic mass is 9.83. The van der Waals surface area contributed by atoms with Crippen LogP contribution in [0.25, 0.3) is 21.5 Å². The third kappa shape index (κ3) is 32.2. The van der Waals surface area contributed by atoms with Gasteiger partial charge in [-0.25, -0.2) is 9.97 Å². The number of ether oxygens (including phenoxy) is 4.